The van der Waals surface area contributed by atoms with Crippen LogP contribution in [-0.2, 0) is 33.7 Å². The summed E-state index contributed by atoms with van der Waals surface area (Å²) < 4.78 is 6.92. The van der Waals surface area contributed by atoms with Gasteiger partial charge in [-0.15, -0.1) is 0 Å². The molecule has 2 aliphatic rings. The standard InChI is InChI=1S/C14H17O.ClH.Hg/c1-15-14(11-6-3-2-4-7-11)12-8-5-9-13(14)10-12;;/h2-4,6-7,10,12-13H,5,8-9H2,1H3;1H;/q;;+1/p-1/t12-,13+,14?;;. The van der Waals surface area contributed by atoms with Gasteiger partial charge in [-0.2, -0.15) is 0 Å². The first-order valence-corrected chi connectivity index (χ1v) is 16.5. The van der Waals surface area contributed by atoms with Crippen LogP contribution in [0.15, 0.2) is 30.3 Å². The Kier molecular flexibility index (Phi) is 3.53. The molecule has 0 N–H and O–H groups in total. The molecule has 88 valence electrons. The second kappa shape index (κ2) is 4.83. The predicted molar refractivity (Wildman–Crippen MR) is 65.6 cm³/mol. The van der Waals surface area contributed by atoms with E-state index in [1.165, 1.54) is 24.8 Å². The third-order valence-electron chi connectivity index (χ3n) is 4.91. The van der Waals surface area contributed by atoms with E-state index in [0.29, 0.717) is 11.8 Å². The minimum absolute atomic E-state index is 0.0130. The molecule has 2 saturated carbocycles. The number of fused-ring (bicyclic) bond motifs is 2. The Hall–Kier alpha value is 0.405. The molecular formula is C14H17ClHgO. The van der Waals surface area contributed by atoms with Crippen LogP contribution in [0, 0.1) is 11.8 Å². The summed E-state index contributed by atoms with van der Waals surface area (Å²) in [6, 6.07) is 10.8. The van der Waals surface area contributed by atoms with Gasteiger partial charge in [-0.1, -0.05) is 0 Å². The minimum atomic E-state index is -1.14. The van der Waals surface area contributed by atoms with Crippen LogP contribution in [0.2, 0.25) is 3.43 Å². The first-order chi connectivity index (χ1) is 8.34. The Morgan fingerprint density at radius 3 is 2.41 bits per heavy atom. The summed E-state index contributed by atoms with van der Waals surface area (Å²) in [6.45, 7) is 0. The van der Waals surface area contributed by atoms with E-state index in [0.717, 1.165) is 3.43 Å². The molecule has 1 nitrogen and oxygen atoms in total. The molecule has 1 aromatic rings. The van der Waals surface area contributed by atoms with E-state index in [2.05, 4.69) is 30.3 Å². The summed E-state index contributed by atoms with van der Waals surface area (Å²) in [7, 11) is 8.23. The summed E-state index contributed by atoms with van der Waals surface area (Å²) in [4.78, 5) is 0. The number of methoxy groups -OCH3 is 1. The van der Waals surface area contributed by atoms with Crippen LogP contribution in [0.3, 0.4) is 0 Å². The van der Waals surface area contributed by atoms with E-state index in [1.54, 1.807) is 0 Å². The van der Waals surface area contributed by atoms with Crippen molar-refractivity contribution in [2.24, 2.45) is 11.8 Å². The molecule has 0 radical (unpaired) electrons. The number of halogens is 1. The Morgan fingerprint density at radius 2 is 1.88 bits per heavy atom. The predicted octanol–water partition coefficient (Wildman–Crippen LogP) is 3.98. The fraction of sp³-hybridized carbons (Fsp3) is 0.571. The number of rotatable bonds is 3. The van der Waals surface area contributed by atoms with E-state index in [-0.39, 0.29) is 5.60 Å². The van der Waals surface area contributed by atoms with E-state index >= 15 is 0 Å². The van der Waals surface area contributed by atoms with Crippen molar-refractivity contribution in [2.75, 3.05) is 7.11 Å². The Bertz CT molecular complexity index is 382. The second-order valence-electron chi connectivity index (χ2n) is 5.33. The van der Waals surface area contributed by atoms with Crippen LogP contribution in [0.4, 0.5) is 0 Å². The molecule has 0 aromatic heterocycles. The molecule has 0 saturated heterocycles. The number of hydrogen-bond acceptors (Lipinski definition) is 1. The zero-order valence-electron chi connectivity index (χ0n) is 10.2. The molecule has 3 heteroatoms. The molecule has 0 amide bonds. The maximum absolute atomic E-state index is 6.34. The molecule has 0 spiro atoms. The Labute approximate surface area is 119 Å². The summed E-state index contributed by atoms with van der Waals surface area (Å²) in [5.74, 6) is 1.43. The fourth-order valence-corrected chi connectivity index (χ4v) is 14.3. The van der Waals surface area contributed by atoms with E-state index < -0.39 is 23.3 Å². The van der Waals surface area contributed by atoms with Gasteiger partial charge in [0.25, 0.3) is 0 Å². The summed E-state index contributed by atoms with van der Waals surface area (Å²) in [5.41, 5.74) is 1.39. The molecule has 3 rings (SSSR count). The van der Waals surface area contributed by atoms with Gasteiger partial charge in [-0.25, -0.2) is 0 Å². The molecule has 0 aliphatic heterocycles. The second-order valence-corrected chi connectivity index (χ2v) is 12.9. The monoisotopic (exact) mass is 438 g/mol. The normalized spacial score (nSPS) is 39.3. The van der Waals surface area contributed by atoms with Gasteiger partial charge in [0.15, 0.2) is 0 Å². The summed E-state index contributed by atoms with van der Waals surface area (Å²) in [6.07, 6.45) is 4.00. The maximum atomic E-state index is 6.34. The van der Waals surface area contributed by atoms with Crippen molar-refractivity contribution >= 4 is 8.25 Å². The van der Waals surface area contributed by atoms with Gasteiger partial charge in [-0.3, -0.25) is 0 Å². The Morgan fingerprint density at radius 1 is 1.24 bits per heavy atom. The molecule has 4 atom stereocenters. The molecule has 1 aromatic carbocycles. The van der Waals surface area contributed by atoms with E-state index in [4.69, 9.17) is 13.0 Å². The van der Waals surface area contributed by atoms with Crippen LogP contribution in [-0.4, -0.2) is 7.11 Å². The van der Waals surface area contributed by atoms with Crippen LogP contribution in [0.25, 0.3) is 0 Å². The topological polar surface area (TPSA) is 9.23 Å². The quantitative estimate of drug-likeness (QED) is 0.651. The third kappa shape index (κ3) is 1.65. The van der Waals surface area contributed by atoms with Crippen molar-refractivity contribution in [1.29, 1.82) is 0 Å². The van der Waals surface area contributed by atoms with Crippen molar-refractivity contribution in [3.8, 4) is 0 Å². The average Bonchev–Trinajstić information content (AvgIpc) is 2.42. The van der Waals surface area contributed by atoms with Crippen molar-refractivity contribution in [3.05, 3.63) is 35.9 Å². The van der Waals surface area contributed by atoms with Gasteiger partial charge >= 0.3 is 119 Å². The summed E-state index contributed by atoms with van der Waals surface area (Å²) >= 11 is -1.14. The fourth-order valence-electron chi connectivity index (χ4n) is 4.25. The molecule has 2 fully saturated rings. The summed E-state index contributed by atoms with van der Waals surface area (Å²) in [5, 5.41) is 0. The van der Waals surface area contributed by atoms with Gasteiger partial charge < -0.3 is 0 Å². The molecule has 17 heavy (non-hydrogen) atoms. The van der Waals surface area contributed by atoms with Crippen LogP contribution in [0.5, 0.6) is 0 Å². The van der Waals surface area contributed by atoms with Crippen LogP contribution < -0.4 is 0 Å². The van der Waals surface area contributed by atoms with Gasteiger partial charge in [0.05, 0.1) is 0 Å². The first kappa shape index (κ1) is 12.4. The molecule has 2 bridgehead atoms. The first-order valence-electron chi connectivity index (χ1n) is 6.51. The molecule has 2 aliphatic carbocycles. The van der Waals surface area contributed by atoms with Crippen molar-refractivity contribution in [2.45, 2.75) is 28.3 Å². The zero-order valence-corrected chi connectivity index (χ0v) is 16.5. The van der Waals surface area contributed by atoms with Gasteiger partial charge in [-0.05, 0) is 0 Å². The number of benzene rings is 1. The van der Waals surface area contributed by atoms with E-state index in [9.17, 15) is 0 Å². The number of ether oxygens (including phenoxy) is 1. The van der Waals surface area contributed by atoms with Gasteiger partial charge in [0.1, 0.15) is 0 Å². The third-order valence-corrected chi connectivity index (χ3v) is 13.8. The SMILES string of the molecule is COC1(c2ccccc2)[C@@H]2CCC[C@H]1[CH]2[Hg][Cl]. The zero-order chi connectivity index (χ0) is 11.9. The molecule has 0 heterocycles. The van der Waals surface area contributed by atoms with Crippen molar-refractivity contribution < 1.29 is 28.1 Å². The van der Waals surface area contributed by atoms with Gasteiger partial charge in [0.2, 0.25) is 0 Å². The van der Waals surface area contributed by atoms with E-state index in [1.807, 2.05) is 7.11 Å². The molecule has 2 unspecified atom stereocenters. The van der Waals surface area contributed by atoms with Crippen LogP contribution in [0.1, 0.15) is 24.8 Å². The van der Waals surface area contributed by atoms with Crippen molar-refractivity contribution in [3.63, 3.8) is 0 Å². The molecular weight excluding hydrogens is 420 g/mol. The van der Waals surface area contributed by atoms with Crippen molar-refractivity contribution in [1.82, 2.24) is 0 Å². The number of hydrogen-bond donors (Lipinski definition) is 0. The average molecular weight is 437 g/mol. The van der Waals surface area contributed by atoms with Crippen LogP contribution >= 0.6 is 8.25 Å². The van der Waals surface area contributed by atoms with Gasteiger partial charge in [0, 0.05) is 0 Å². The Balaban J connectivity index is 2.00.